The van der Waals surface area contributed by atoms with Crippen LogP contribution in [0.1, 0.15) is 19.8 Å². The van der Waals surface area contributed by atoms with Crippen molar-refractivity contribution in [2.45, 2.75) is 25.0 Å². The highest BCUT2D eigenvalue weighted by molar-refractivity contribution is 7.99. The number of hydrogen-bond donors (Lipinski definition) is 0. The number of amides is 1. The number of aromatic nitrogens is 1. The van der Waals surface area contributed by atoms with Gasteiger partial charge >= 0.3 is 5.97 Å². The van der Waals surface area contributed by atoms with Gasteiger partial charge in [0.15, 0.2) is 12.2 Å². The molecule has 1 fully saturated rings. The largest absolute Gasteiger partial charge is 0.455 e. The Labute approximate surface area is 144 Å². The summed E-state index contributed by atoms with van der Waals surface area (Å²) >= 11 is 1.16. The van der Waals surface area contributed by atoms with Gasteiger partial charge in [0.1, 0.15) is 11.3 Å². The minimum atomic E-state index is -0.444. The van der Waals surface area contributed by atoms with Crippen LogP contribution >= 0.6 is 11.8 Å². The highest BCUT2D eigenvalue weighted by Crippen LogP contribution is 2.23. The van der Waals surface area contributed by atoms with Gasteiger partial charge in [-0.3, -0.25) is 9.59 Å². The first-order chi connectivity index (χ1) is 11.6. The number of ether oxygens (including phenoxy) is 1. The third kappa shape index (κ3) is 4.29. The highest BCUT2D eigenvalue weighted by atomic mass is 32.2. The van der Waals surface area contributed by atoms with Gasteiger partial charge in [-0.25, -0.2) is 4.98 Å². The summed E-state index contributed by atoms with van der Waals surface area (Å²) in [5.74, 6) is 0.00629. The third-order valence-electron chi connectivity index (χ3n) is 3.95. The van der Waals surface area contributed by atoms with Gasteiger partial charge in [-0.05, 0) is 30.9 Å². The maximum atomic E-state index is 12.1. The molecule has 1 atom stereocenters. The molecule has 24 heavy (non-hydrogen) atoms. The molecule has 3 rings (SSSR count). The van der Waals surface area contributed by atoms with Crippen molar-refractivity contribution < 1.29 is 18.7 Å². The van der Waals surface area contributed by atoms with Crippen LogP contribution in [-0.4, -0.2) is 47.2 Å². The summed E-state index contributed by atoms with van der Waals surface area (Å²) in [5.41, 5.74) is 1.44. The molecule has 2 heterocycles. The fourth-order valence-electron chi connectivity index (χ4n) is 2.72. The monoisotopic (exact) mass is 348 g/mol. The summed E-state index contributed by atoms with van der Waals surface area (Å²) in [6, 6.07) is 7.41. The fraction of sp³-hybridized carbons (Fsp3) is 0.471. The van der Waals surface area contributed by atoms with Gasteiger partial charge in [0.2, 0.25) is 0 Å². The quantitative estimate of drug-likeness (QED) is 0.611. The van der Waals surface area contributed by atoms with Crippen LogP contribution in [0.3, 0.4) is 0 Å². The van der Waals surface area contributed by atoms with Crippen LogP contribution in [0.2, 0.25) is 0 Å². The lowest BCUT2D eigenvalue weighted by atomic mass is 10.0. The number of para-hydroxylation sites is 2. The molecule has 6 nitrogen and oxygen atoms in total. The van der Waals surface area contributed by atoms with Crippen molar-refractivity contribution in [1.29, 1.82) is 0 Å². The molecule has 0 bridgehead atoms. The fourth-order valence-corrected chi connectivity index (χ4v) is 3.36. The summed E-state index contributed by atoms with van der Waals surface area (Å²) in [6.45, 7) is 3.43. The molecule has 0 radical (unpaired) electrons. The lowest BCUT2D eigenvalue weighted by Crippen LogP contribution is -2.41. The molecule has 0 saturated carbocycles. The van der Waals surface area contributed by atoms with Crippen molar-refractivity contribution in [2.75, 3.05) is 25.4 Å². The molecular formula is C17H20N2O4S. The Morgan fingerprint density at radius 2 is 2.25 bits per heavy atom. The van der Waals surface area contributed by atoms with E-state index >= 15 is 0 Å². The molecule has 0 spiro atoms. The number of carbonyl (C=O) groups excluding carboxylic acids is 2. The summed E-state index contributed by atoms with van der Waals surface area (Å²) in [5, 5.41) is 0.421. The first-order valence-electron chi connectivity index (χ1n) is 8.03. The lowest BCUT2D eigenvalue weighted by Gasteiger charge is -2.30. The Kier molecular flexibility index (Phi) is 5.40. The predicted molar refractivity (Wildman–Crippen MR) is 90.7 cm³/mol. The second-order valence-corrected chi connectivity index (χ2v) is 6.91. The van der Waals surface area contributed by atoms with Crippen molar-refractivity contribution in [3.05, 3.63) is 24.3 Å². The second kappa shape index (κ2) is 7.70. The van der Waals surface area contributed by atoms with Gasteiger partial charge < -0.3 is 14.1 Å². The zero-order valence-corrected chi connectivity index (χ0v) is 14.4. The summed E-state index contributed by atoms with van der Waals surface area (Å²) < 4.78 is 10.6. The Morgan fingerprint density at radius 1 is 1.42 bits per heavy atom. The Balaban J connectivity index is 1.43. The predicted octanol–water partition coefficient (Wildman–Crippen LogP) is 2.72. The number of likely N-dealkylation sites (tertiary alicyclic amines) is 1. The van der Waals surface area contributed by atoms with E-state index in [1.165, 1.54) is 0 Å². The van der Waals surface area contributed by atoms with Crippen LogP contribution < -0.4 is 0 Å². The summed E-state index contributed by atoms with van der Waals surface area (Å²) in [4.78, 5) is 29.9. The van der Waals surface area contributed by atoms with Crippen molar-refractivity contribution in [1.82, 2.24) is 9.88 Å². The molecule has 1 aromatic carbocycles. The van der Waals surface area contributed by atoms with Gasteiger partial charge in [0.05, 0.1) is 0 Å². The molecule has 7 heteroatoms. The van der Waals surface area contributed by atoms with E-state index in [2.05, 4.69) is 11.9 Å². The first kappa shape index (κ1) is 16.8. The van der Waals surface area contributed by atoms with Crippen molar-refractivity contribution >= 4 is 34.7 Å². The van der Waals surface area contributed by atoms with Crippen molar-refractivity contribution in [3.63, 3.8) is 0 Å². The van der Waals surface area contributed by atoms with E-state index in [1.807, 2.05) is 24.3 Å². The molecule has 1 saturated heterocycles. The van der Waals surface area contributed by atoms with E-state index in [1.54, 1.807) is 4.90 Å². The molecule has 1 aliphatic rings. The lowest BCUT2D eigenvalue weighted by molar-refractivity contribution is -0.150. The first-order valence-corrected chi connectivity index (χ1v) is 9.02. The maximum Gasteiger partial charge on any atom is 0.316 e. The molecule has 1 aromatic heterocycles. The average molecular weight is 348 g/mol. The Hall–Kier alpha value is -2.02. The zero-order chi connectivity index (χ0) is 16.9. The van der Waals surface area contributed by atoms with Gasteiger partial charge in [-0.15, -0.1) is 0 Å². The average Bonchev–Trinajstić information content (AvgIpc) is 3.00. The topological polar surface area (TPSA) is 72.6 Å². The third-order valence-corrected chi connectivity index (χ3v) is 4.76. The smallest absolute Gasteiger partial charge is 0.316 e. The summed E-state index contributed by atoms with van der Waals surface area (Å²) in [6.07, 6.45) is 2.15. The molecule has 1 amide bonds. The number of rotatable bonds is 5. The van der Waals surface area contributed by atoms with Crippen LogP contribution in [0.4, 0.5) is 0 Å². The number of thioether (sulfide) groups is 1. The number of nitrogens with zero attached hydrogens (tertiary/aromatic N) is 2. The number of esters is 1. The number of piperidine rings is 1. The van der Waals surface area contributed by atoms with E-state index in [-0.39, 0.29) is 18.3 Å². The van der Waals surface area contributed by atoms with E-state index < -0.39 is 5.97 Å². The Morgan fingerprint density at radius 3 is 3.04 bits per heavy atom. The highest BCUT2D eigenvalue weighted by Gasteiger charge is 2.22. The van der Waals surface area contributed by atoms with E-state index in [9.17, 15) is 9.59 Å². The molecule has 2 aromatic rings. The maximum absolute atomic E-state index is 12.1. The SMILES string of the molecule is C[C@@H]1CCCN(C(=O)COC(=O)CSc2nc3ccccc3o2)C1. The van der Waals surface area contributed by atoms with Gasteiger partial charge in [-0.1, -0.05) is 30.8 Å². The zero-order valence-electron chi connectivity index (χ0n) is 13.6. The van der Waals surface area contributed by atoms with Gasteiger partial charge in [-0.2, -0.15) is 0 Å². The minimum Gasteiger partial charge on any atom is -0.455 e. The number of fused-ring (bicyclic) bond motifs is 1. The van der Waals surface area contributed by atoms with Crippen LogP contribution in [0.25, 0.3) is 11.1 Å². The summed E-state index contributed by atoms with van der Waals surface area (Å²) in [7, 11) is 0. The molecule has 0 unspecified atom stereocenters. The van der Waals surface area contributed by atoms with Crippen molar-refractivity contribution in [2.24, 2.45) is 5.92 Å². The number of hydrogen-bond acceptors (Lipinski definition) is 6. The van der Waals surface area contributed by atoms with E-state index in [4.69, 9.17) is 9.15 Å². The minimum absolute atomic E-state index is 0.0660. The van der Waals surface area contributed by atoms with Gasteiger partial charge in [0.25, 0.3) is 11.1 Å². The van der Waals surface area contributed by atoms with Crippen molar-refractivity contribution in [3.8, 4) is 0 Å². The van der Waals surface area contributed by atoms with Crippen LogP contribution in [-0.2, 0) is 14.3 Å². The second-order valence-electron chi connectivity index (χ2n) is 5.98. The molecular weight excluding hydrogens is 328 g/mol. The van der Waals surface area contributed by atoms with Crippen LogP contribution in [0.15, 0.2) is 33.9 Å². The van der Waals surface area contributed by atoms with E-state index in [0.717, 1.165) is 43.2 Å². The van der Waals surface area contributed by atoms with E-state index in [0.29, 0.717) is 16.7 Å². The van der Waals surface area contributed by atoms with Crippen LogP contribution in [0, 0.1) is 5.92 Å². The normalized spacial score (nSPS) is 17.9. The number of benzene rings is 1. The molecule has 128 valence electrons. The number of oxazole rings is 1. The molecule has 0 N–H and O–H groups in total. The Bertz CT molecular complexity index is 697. The number of carbonyl (C=O) groups is 2. The van der Waals surface area contributed by atoms with Gasteiger partial charge in [0, 0.05) is 13.1 Å². The standard InChI is InChI=1S/C17H20N2O4S/c1-12-5-4-8-19(9-12)15(20)10-22-16(21)11-24-17-18-13-6-2-3-7-14(13)23-17/h2-3,6-7,12H,4-5,8-11H2,1H3/t12-/m1/s1. The molecule has 1 aliphatic heterocycles. The molecule has 0 aliphatic carbocycles. The van der Waals surface area contributed by atoms with Crippen LogP contribution in [0.5, 0.6) is 0 Å².